The molecule has 0 saturated heterocycles. The van der Waals surface area contributed by atoms with Gasteiger partial charge < -0.3 is 10.4 Å². The van der Waals surface area contributed by atoms with Gasteiger partial charge in [-0.05, 0) is 60.4 Å². The summed E-state index contributed by atoms with van der Waals surface area (Å²) < 4.78 is 0. The Labute approximate surface area is 195 Å². The zero-order chi connectivity index (χ0) is 24.6. The number of carbonyl (C=O) groups is 2. The second-order valence-electron chi connectivity index (χ2n) is 9.99. The number of phenols is 1. The van der Waals surface area contributed by atoms with E-state index in [1.165, 1.54) is 11.7 Å². The number of aromatic nitrogens is 3. The van der Waals surface area contributed by atoms with Gasteiger partial charge in [0.25, 0.3) is 0 Å². The number of aromatic hydroxyl groups is 1. The average Bonchev–Trinajstić information content (AvgIpc) is 3.16. The second-order valence-corrected chi connectivity index (χ2v) is 9.99. The van der Waals surface area contributed by atoms with Gasteiger partial charge >= 0.3 is 0 Å². The molecule has 0 saturated carbocycles. The van der Waals surface area contributed by atoms with Crippen LogP contribution in [0, 0.1) is 0 Å². The van der Waals surface area contributed by atoms with Crippen molar-refractivity contribution in [2.24, 2.45) is 0 Å². The first-order valence-electron chi connectivity index (χ1n) is 11.4. The lowest BCUT2D eigenvalue weighted by molar-refractivity contribution is -0.124. The van der Waals surface area contributed by atoms with Gasteiger partial charge in [-0.2, -0.15) is 0 Å². The number of phenolic OH excluding ortho intramolecular Hbond substituents is 1. The minimum absolute atomic E-state index is 0.0816. The maximum Gasteiger partial charge on any atom is 0.231 e. The third-order valence-electron chi connectivity index (χ3n) is 6.66. The maximum atomic E-state index is 11.9. The SMILES string of the molecule is CCC(C)(C)c1cc(-n2nc3ccc(NC(=O)CC(C)=O)cc3n2)c(O)c(C(C)(C)CC)c1. The highest BCUT2D eigenvalue weighted by atomic mass is 16.3. The molecule has 0 radical (unpaired) electrons. The molecular weight excluding hydrogens is 416 g/mol. The molecule has 7 heteroatoms. The lowest BCUT2D eigenvalue weighted by Crippen LogP contribution is -2.21. The number of nitrogens with zero attached hydrogens (tertiary/aromatic N) is 3. The Morgan fingerprint density at radius 2 is 1.61 bits per heavy atom. The van der Waals surface area contributed by atoms with Crippen molar-refractivity contribution in [3.63, 3.8) is 0 Å². The number of fused-ring (bicyclic) bond motifs is 1. The molecule has 0 atom stereocenters. The van der Waals surface area contributed by atoms with Crippen LogP contribution in [0.4, 0.5) is 5.69 Å². The average molecular weight is 451 g/mol. The van der Waals surface area contributed by atoms with E-state index in [2.05, 4.69) is 63.1 Å². The fraction of sp³-hybridized carbons (Fsp3) is 0.462. The topological polar surface area (TPSA) is 97.1 Å². The fourth-order valence-electron chi connectivity index (χ4n) is 3.60. The Morgan fingerprint density at radius 3 is 2.21 bits per heavy atom. The van der Waals surface area contributed by atoms with Crippen LogP contribution in [0.2, 0.25) is 0 Å². The van der Waals surface area contributed by atoms with Crippen LogP contribution in [0.1, 0.15) is 78.9 Å². The number of hydrogen-bond donors (Lipinski definition) is 2. The lowest BCUT2D eigenvalue weighted by Gasteiger charge is -2.30. The van der Waals surface area contributed by atoms with Crippen LogP contribution in [0.15, 0.2) is 30.3 Å². The van der Waals surface area contributed by atoms with Crippen molar-refractivity contribution in [3.8, 4) is 11.4 Å². The quantitative estimate of drug-likeness (QED) is 0.447. The Hall–Kier alpha value is -3.22. The van der Waals surface area contributed by atoms with Gasteiger partial charge in [0, 0.05) is 11.3 Å². The molecule has 0 spiro atoms. The van der Waals surface area contributed by atoms with Crippen molar-refractivity contribution < 1.29 is 14.7 Å². The molecule has 7 nitrogen and oxygen atoms in total. The number of rotatable bonds is 8. The fourth-order valence-corrected chi connectivity index (χ4v) is 3.60. The first-order valence-corrected chi connectivity index (χ1v) is 11.4. The predicted molar refractivity (Wildman–Crippen MR) is 131 cm³/mol. The summed E-state index contributed by atoms with van der Waals surface area (Å²) in [4.78, 5) is 24.6. The molecule has 0 aliphatic carbocycles. The largest absolute Gasteiger partial charge is 0.505 e. The van der Waals surface area contributed by atoms with E-state index in [1.807, 2.05) is 6.07 Å². The number of nitrogens with one attached hydrogen (secondary N) is 1. The number of anilines is 1. The molecule has 33 heavy (non-hydrogen) atoms. The number of carbonyl (C=O) groups excluding carboxylic acids is 2. The van der Waals surface area contributed by atoms with Crippen LogP contribution >= 0.6 is 0 Å². The van der Waals surface area contributed by atoms with E-state index in [0.717, 1.165) is 24.0 Å². The van der Waals surface area contributed by atoms with E-state index < -0.39 is 0 Å². The summed E-state index contributed by atoms with van der Waals surface area (Å²) in [6.45, 7) is 14.3. The Balaban J connectivity index is 2.12. The third kappa shape index (κ3) is 5.07. The minimum atomic E-state index is -0.368. The van der Waals surface area contributed by atoms with Gasteiger partial charge in [0.1, 0.15) is 28.3 Å². The molecule has 0 aliphatic heterocycles. The van der Waals surface area contributed by atoms with Crippen molar-refractivity contribution in [1.82, 2.24) is 15.0 Å². The molecular formula is C26H34N4O3. The van der Waals surface area contributed by atoms with Crippen molar-refractivity contribution in [1.29, 1.82) is 0 Å². The molecule has 3 rings (SSSR count). The van der Waals surface area contributed by atoms with Gasteiger partial charge in [0.15, 0.2) is 0 Å². The predicted octanol–water partition coefficient (Wildman–Crippen LogP) is 5.42. The molecule has 176 valence electrons. The summed E-state index contributed by atoms with van der Waals surface area (Å²) in [5, 5.41) is 23.2. The number of ketones is 1. The first kappa shape index (κ1) is 24.4. The Kier molecular flexibility index (Phi) is 6.63. The number of Topliss-reactive ketones (excluding diaryl/α,β-unsaturated/α-hetero) is 1. The Morgan fingerprint density at radius 1 is 0.970 bits per heavy atom. The molecule has 0 aliphatic rings. The number of hydrogen-bond acceptors (Lipinski definition) is 5. The van der Waals surface area contributed by atoms with Crippen LogP contribution in [0.5, 0.6) is 5.75 Å². The molecule has 0 bridgehead atoms. The van der Waals surface area contributed by atoms with E-state index in [9.17, 15) is 14.7 Å². The van der Waals surface area contributed by atoms with Gasteiger partial charge in [-0.3, -0.25) is 9.59 Å². The van der Waals surface area contributed by atoms with Gasteiger partial charge in [-0.25, -0.2) is 0 Å². The summed E-state index contributed by atoms with van der Waals surface area (Å²) in [7, 11) is 0. The number of benzene rings is 2. The summed E-state index contributed by atoms with van der Waals surface area (Å²) >= 11 is 0. The van der Waals surface area contributed by atoms with Crippen LogP contribution in [-0.4, -0.2) is 31.8 Å². The van der Waals surface area contributed by atoms with E-state index in [4.69, 9.17) is 0 Å². The van der Waals surface area contributed by atoms with E-state index >= 15 is 0 Å². The zero-order valence-corrected chi connectivity index (χ0v) is 20.6. The lowest BCUT2D eigenvalue weighted by atomic mass is 9.76. The van der Waals surface area contributed by atoms with Gasteiger partial charge in [-0.1, -0.05) is 47.6 Å². The van der Waals surface area contributed by atoms with Gasteiger partial charge in [0.05, 0.1) is 6.42 Å². The molecule has 0 unspecified atom stereocenters. The van der Waals surface area contributed by atoms with Crippen molar-refractivity contribution in [2.45, 2.75) is 78.6 Å². The minimum Gasteiger partial charge on any atom is -0.505 e. The van der Waals surface area contributed by atoms with Crippen LogP contribution in [-0.2, 0) is 20.4 Å². The molecule has 0 fully saturated rings. The molecule has 2 aromatic carbocycles. The van der Waals surface area contributed by atoms with Crippen molar-refractivity contribution in [2.75, 3.05) is 5.32 Å². The standard InChI is InChI=1S/C26H34N4O3/c1-8-25(4,5)17-13-19(26(6,7)9-2)24(33)22(14-17)30-28-20-11-10-18(15-21(20)29-30)27-23(32)12-16(3)31/h10-11,13-15,33H,8-9,12H2,1-7H3,(H,27,32). The molecule has 2 N–H and O–H groups in total. The van der Waals surface area contributed by atoms with Gasteiger partial charge in [-0.15, -0.1) is 15.0 Å². The van der Waals surface area contributed by atoms with Crippen molar-refractivity contribution >= 4 is 28.4 Å². The highest BCUT2D eigenvalue weighted by molar-refractivity contribution is 6.04. The molecule has 1 amide bonds. The molecule has 1 aromatic heterocycles. The normalized spacial score (nSPS) is 12.2. The van der Waals surface area contributed by atoms with Crippen LogP contribution in [0.25, 0.3) is 16.7 Å². The third-order valence-corrected chi connectivity index (χ3v) is 6.66. The summed E-state index contributed by atoms with van der Waals surface area (Å²) in [5.41, 5.74) is 3.97. The first-order chi connectivity index (χ1) is 15.4. The van der Waals surface area contributed by atoms with E-state index in [0.29, 0.717) is 22.4 Å². The smallest absolute Gasteiger partial charge is 0.231 e. The molecule has 1 heterocycles. The van der Waals surface area contributed by atoms with E-state index in [-0.39, 0.29) is 34.7 Å². The summed E-state index contributed by atoms with van der Waals surface area (Å²) in [5.74, 6) is -0.392. The molecule has 3 aromatic rings. The monoisotopic (exact) mass is 450 g/mol. The zero-order valence-electron chi connectivity index (χ0n) is 20.6. The van der Waals surface area contributed by atoms with Crippen molar-refractivity contribution in [3.05, 3.63) is 41.5 Å². The van der Waals surface area contributed by atoms with E-state index in [1.54, 1.807) is 18.2 Å². The second kappa shape index (κ2) is 8.96. The summed E-state index contributed by atoms with van der Waals surface area (Å²) in [6, 6.07) is 9.27. The Bertz CT molecular complexity index is 1210. The number of amides is 1. The highest BCUT2D eigenvalue weighted by Gasteiger charge is 2.29. The summed E-state index contributed by atoms with van der Waals surface area (Å²) in [6.07, 6.45) is 1.64. The van der Waals surface area contributed by atoms with Crippen LogP contribution in [0.3, 0.4) is 0 Å². The maximum absolute atomic E-state index is 11.9. The van der Waals surface area contributed by atoms with Crippen LogP contribution < -0.4 is 5.32 Å². The highest BCUT2D eigenvalue weighted by Crippen LogP contribution is 2.41. The van der Waals surface area contributed by atoms with Gasteiger partial charge in [0.2, 0.25) is 5.91 Å².